The minimum Gasteiger partial charge on any atom is -0.477 e. The van der Waals surface area contributed by atoms with Gasteiger partial charge in [0.2, 0.25) is 5.88 Å². The summed E-state index contributed by atoms with van der Waals surface area (Å²) >= 11 is 2.10. The topological polar surface area (TPSA) is 74.6 Å². The molecule has 2 heterocycles. The summed E-state index contributed by atoms with van der Waals surface area (Å²) in [6.07, 6.45) is 0. The number of nitrogens with zero attached hydrogens (tertiary/aromatic N) is 3. The Morgan fingerprint density at radius 1 is 1.67 bits per heavy atom. The van der Waals surface area contributed by atoms with Crippen molar-refractivity contribution in [2.24, 2.45) is 0 Å². The zero-order valence-corrected chi connectivity index (χ0v) is 10.1. The molecule has 0 radical (unpaired) electrons. The molecule has 0 aliphatic heterocycles. The summed E-state index contributed by atoms with van der Waals surface area (Å²) in [6, 6.07) is 3.71. The summed E-state index contributed by atoms with van der Waals surface area (Å²) in [7, 11) is 0. The number of nitriles is 1. The molecule has 2 rings (SSSR count). The molecule has 76 valence electrons. The molecule has 0 fully saturated rings. The van der Waals surface area contributed by atoms with E-state index < -0.39 is 0 Å². The van der Waals surface area contributed by atoms with E-state index in [2.05, 4.69) is 37.8 Å². The number of H-pyrrole nitrogens is 1. The Hall–Kier alpha value is -1.36. The molecular formula is C9H7IN4O. The Balaban J connectivity index is 2.67. The summed E-state index contributed by atoms with van der Waals surface area (Å²) in [5, 5.41) is 15.7. The fraction of sp³-hybridized carbons (Fsp3) is 0.222. The van der Waals surface area contributed by atoms with Gasteiger partial charge < -0.3 is 4.74 Å². The highest BCUT2D eigenvalue weighted by Crippen LogP contribution is 2.23. The van der Waals surface area contributed by atoms with Crippen molar-refractivity contribution in [2.75, 3.05) is 6.61 Å². The molecule has 0 saturated heterocycles. The van der Waals surface area contributed by atoms with Gasteiger partial charge in [-0.15, -0.1) is 0 Å². The third kappa shape index (κ3) is 1.74. The largest absolute Gasteiger partial charge is 0.477 e. The van der Waals surface area contributed by atoms with Crippen LogP contribution in [0.25, 0.3) is 11.0 Å². The molecule has 6 heteroatoms. The van der Waals surface area contributed by atoms with Crippen LogP contribution in [0.5, 0.6) is 5.88 Å². The van der Waals surface area contributed by atoms with Crippen LogP contribution in [0.3, 0.4) is 0 Å². The van der Waals surface area contributed by atoms with Crippen molar-refractivity contribution in [1.82, 2.24) is 15.2 Å². The van der Waals surface area contributed by atoms with Crippen LogP contribution in [-0.2, 0) is 0 Å². The Kier molecular flexibility index (Phi) is 2.73. The number of halogens is 1. The van der Waals surface area contributed by atoms with Crippen molar-refractivity contribution in [2.45, 2.75) is 6.92 Å². The summed E-state index contributed by atoms with van der Waals surface area (Å²) in [4.78, 5) is 4.25. The van der Waals surface area contributed by atoms with Gasteiger partial charge in [-0.3, -0.25) is 5.10 Å². The number of nitrogens with one attached hydrogen (secondary N) is 1. The van der Waals surface area contributed by atoms with E-state index in [1.807, 2.05) is 13.0 Å². The van der Waals surface area contributed by atoms with E-state index in [4.69, 9.17) is 10.00 Å². The van der Waals surface area contributed by atoms with Crippen molar-refractivity contribution >= 4 is 33.6 Å². The van der Waals surface area contributed by atoms with E-state index in [9.17, 15) is 0 Å². The molecule has 2 aromatic rings. The van der Waals surface area contributed by atoms with Gasteiger partial charge in [-0.1, -0.05) is 0 Å². The Bertz CT molecular complexity index is 543. The van der Waals surface area contributed by atoms with Gasteiger partial charge in [0.15, 0.2) is 0 Å². The standard InChI is InChI=1S/C9H7IN4O/c1-2-15-9-5(4-11)3-6-7(12-9)8(10)14-13-6/h3H,2H2,1H3,(H,13,14). The summed E-state index contributed by atoms with van der Waals surface area (Å²) < 4.78 is 6.12. The molecule has 0 amide bonds. The fourth-order valence-corrected chi connectivity index (χ4v) is 1.74. The monoisotopic (exact) mass is 314 g/mol. The van der Waals surface area contributed by atoms with E-state index in [1.165, 1.54) is 0 Å². The fourth-order valence-electron chi connectivity index (χ4n) is 1.22. The summed E-state index contributed by atoms with van der Waals surface area (Å²) in [6.45, 7) is 2.34. The molecule has 0 aromatic carbocycles. The second-order valence-corrected chi connectivity index (χ2v) is 3.87. The zero-order chi connectivity index (χ0) is 10.8. The van der Waals surface area contributed by atoms with Crippen molar-refractivity contribution < 1.29 is 4.74 Å². The molecule has 0 spiro atoms. The number of hydrogen-bond acceptors (Lipinski definition) is 4. The molecule has 5 nitrogen and oxygen atoms in total. The first-order valence-electron chi connectivity index (χ1n) is 4.33. The number of aromatic nitrogens is 3. The van der Waals surface area contributed by atoms with Gasteiger partial charge in [-0.2, -0.15) is 10.4 Å². The highest BCUT2D eigenvalue weighted by Gasteiger charge is 2.11. The summed E-state index contributed by atoms with van der Waals surface area (Å²) in [5.74, 6) is 0.367. The molecule has 1 N–H and O–H groups in total. The average Bonchev–Trinajstić information content (AvgIpc) is 2.60. The van der Waals surface area contributed by atoms with Crippen LogP contribution in [0.1, 0.15) is 12.5 Å². The maximum Gasteiger partial charge on any atom is 0.232 e. The van der Waals surface area contributed by atoms with Crippen LogP contribution in [0.4, 0.5) is 0 Å². The number of hydrogen-bond donors (Lipinski definition) is 1. The average molecular weight is 314 g/mol. The van der Waals surface area contributed by atoms with Gasteiger partial charge in [0.1, 0.15) is 26.4 Å². The number of aromatic amines is 1. The number of fused-ring (bicyclic) bond motifs is 1. The van der Waals surface area contributed by atoms with Gasteiger partial charge in [-0.05, 0) is 35.6 Å². The van der Waals surface area contributed by atoms with Crippen LogP contribution < -0.4 is 4.74 Å². The van der Waals surface area contributed by atoms with Crippen LogP contribution in [0.15, 0.2) is 6.07 Å². The number of pyridine rings is 1. The predicted octanol–water partition coefficient (Wildman–Crippen LogP) is 1.83. The van der Waals surface area contributed by atoms with Crippen molar-refractivity contribution in [3.8, 4) is 11.9 Å². The summed E-state index contributed by atoms with van der Waals surface area (Å²) in [5.41, 5.74) is 1.82. The minimum atomic E-state index is 0.367. The van der Waals surface area contributed by atoms with E-state index in [-0.39, 0.29) is 0 Å². The van der Waals surface area contributed by atoms with Gasteiger partial charge >= 0.3 is 0 Å². The third-order valence-corrected chi connectivity index (χ3v) is 2.60. The Morgan fingerprint density at radius 3 is 3.13 bits per heavy atom. The lowest BCUT2D eigenvalue weighted by Crippen LogP contribution is -1.97. The maximum atomic E-state index is 8.90. The molecule has 15 heavy (non-hydrogen) atoms. The highest BCUT2D eigenvalue weighted by atomic mass is 127. The van der Waals surface area contributed by atoms with Gasteiger partial charge in [0.25, 0.3) is 0 Å². The van der Waals surface area contributed by atoms with Crippen LogP contribution in [-0.4, -0.2) is 21.8 Å². The maximum absolute atomic E-state index is 8.90. The van der Waals surface area contributed by atoms with E-state index in [0.29, 0.717) is 23.6 Å². The quantitative estimate of drug-likeness (QED) is 0.858. The molecule has 0 aliphatic rings. The van der Waals surface area contributed by atoms with Crippen molar-refractivity contribution in [3.05, 3.63) is 15.3 Å². The van der Waals surface area contributed by atoms with Crippen LogP contribution in [0, 0.1) is 15.0 Å². The lowest BCUT2D eigenvalue weighted by Gasteiger charge is -2.03. The smallest absolute Gasteiger partial charge is 0.232 e. The first-order chi connectivity index (χ1) is 7.26. The zero-order valence-electron chi connectivity index (χ0n) is 7.91. The lowest BCUT2D eigenvalue weighted by molar-refractivity contribution is 0.327. The van der Waals surface area contributed by atoms with E-state index in [1.54, 1.807) is 6.07 Å². The van der Waals surface area contributed by atoms with Crippen LogP contribution >= 0.6 is 22.6 Å². The Morgan fingerprint density at radius 2 is 2.47 bits per heavy atom. The first-order valence-corrected chi connectivity index (χ1v) is 5.41. The molecule has 0 unspecified atom stereocenters. The van der Waals surface area contributed by atoms with Crippen molar-refractivity contribution in [1.29, 1.82) is 5.26 Å². The van der Waals surface area contributed by atoms with E-state index in [0.717, 1.165) is 9.22 Å². The molecule has 2 aromatic heterocycles. The van der Waals surface area contributed by atoms with Gasteiger partial charge in [0.05, 0.1) is 6.61 Å². The molecule has 0 atom stereocenters. The lowest BCUT2D eigenvalue weighted by atomic mass is 10.2. The number of rotatable bonds is 2. The van der Waals surface area contributed by atoms with Crippen LogP contribution in [0.2, 0.25) is 0 Å². The second-order valence-electron chi connectivity index (χ2n) is 2.79. The molecule has 0 aliphatic carbocycles. The second kappa shape index (κ2) is 4.02. The normalized spacial score (nSPS) is 10.2. The molecule has 0 saturated carbocycles. The predicted molar refractivity (Wildman–Crippen MR) is 62.5 cm³/mol. The number of ether oxygens (including phenoxy) is 1. The van der Waals surface area contributed by atoms with Gasteiger partial charge in [0, 0.05) is 0 Å². The first kappa shape index (κ1) is 10.2. The third-order valence-electron chi connectivity index (χ3n) is 1.85. The highest BCUT2D eigenvalue weighted by molar-refractivity contribution is 14.1. The van der Waals surface area contributed by atoms with E-state index >= 15 is 0 Å². The minimum absolute atomic E-state index is 0.367. The van der Waals surface area contributed by atoms with Crippen molar-refractivity contribution in [3.63, 3.8) is 0 Å². The molecular weight excluding hydrogens is 307 g/mol. The van der Waals surface area contributed by atoms with Gasteiger partial charge in [-0.25, -0.2) is 4.98 Å². The molecule has 0 bridgehead atoms. The SMILES string of the molecule is CCOc1nc2c(I)[nH]nc2cc1C#N. The Labute approximate surface area is 99.6 Å².